The molecular weight excluding hydrogens is 506 g/mol. The van der Waals surface area contributed by atoms with E-state index in [1.54, 1.807) is 0 Å². The topological polar surface area (TPSA) is 3.24 Å². The molecule has 0 radical (unpaired) electrons. The van der Waals surface area contributed by atoms with Gasteiger partial charge in [0.1, 0.15) is 0 Å². The molecule has 8 rings (SSSR count). The first-order chi connectivity index (χ1) is 20.6. The van der Waals surface area contributed by atoms with Crippen LogP contribution in [-0.4, -0.2) is 0 Å². The second-order valence-corrected chi connectivity index (χ2v) is 11.8. The van der Waals surface area contributed by atoms with Gasteiger partial charge in [-0.05, 0) is 79.7 Å². The van der Waals surface area contributed by atoms with E-state index in [-0.39, 0.29) is 5.41 Å². The molecule has 0 aliphatic heterocycles. The molecule has 200 valence electrons. The lowest BCUT2D eigenvalue weighted by Crippen LogP contribution is -2.16. The molecule has 0 heterocycles. The largest absolute Gasteiger partial charge is 0.310 e. The number of fused-ring (bicyclic) bond motifs is 6. The van der Waals surface area contributed by atoms with Crippen LogP contribution in [0.15, 0.2) is 152 Å². The van der Waals surface area contributed by atoms with Gasteiger partial charge in [-0.2, -0.15) is 0 Å². The molecule has 0 saturated heterocycles. The van der Waals surface area contributed by atoms with Crippen LogP contribution in [0.25, 0.3) is 43.8 Å². The first-order valence-corrected chi connectivity index (χ1v) is 14.7. The minimum Gasteiger partial charge on any atom is -0.310 e. The minimum atomic E-state index is -0.117. The van der Waals surface area contributed by atoms with Gasteiger partial charge in [-0.3, -0.25) is 0 Å². The lowest BCUT2D eigenvalue weighted by atomic mass is 9.80. The standard InChI is InChI=1S/C41H31N/c1-41(2)37-19-11-10-18-36(37)39-38(27-32-16-8-9-17-35(32)40(39)41)42(34-25-22-29-14-6-7-15-31(29)26-34)33-23-20-30(21-24-33)28-12-4-3-5-13-28/h3-27H,1-2H3. The van der Waals surface area contributed by atoms with Crippen LogP contribution in [0.4, 0.5) is 17.1 Å². The summed E-state index contributed by atoms with van der Waals surface area (Å²) in [4.78, 5) is 2.46. The Morgan fingerprint density at radius 3 is 1.90 bits per heavy atom. The van der Waals surface area contributed by atoms with Crippen molar-refractivity contribution < 1.29 is 0 Å². The number of benzene rings is 7. The zero-order chi connectivity index (χ0) is 28.3. The maximum atomic E-state index is 2.46. The van der Waals surface area contributed by atoms with Crippen molar-refractivity contribution in [2.45, 2.75) is 19.3 Å². The highest BCUT2D eigenvalue weighted by molar-refractivity contribution is 6.06. The van der Waals surface area contributed by atoms with Gasteiger partial charge in [0.2, 0.25) is 0 Å². The summed E-state index contributed by atoms with van der Waals surface area (Å²) >= 11 is 0. The Balaban J connectivity index is 1.43. The first-order valence-electron chi connectivity index (χ1n) is 14.7. The molecule has 1 aliphatic rings. The maximum Gasteiger partial charge on any atom is 0.0549 e. The van der Waals surface area contributed by atoms with E-state index in [0.29, 0.717) is 0 Å². The molecule has 0 saturated carbocycles. The van der Waals surface area contributed by atoms with E-state index < -0.39 is 0 Å². The van der Waals surface area contributed by atoms with E-state index >= 15 is 0 Å². The SMILES string of the molecule is CC1(C)c2ccccc2-c2c(N(c3ccc(-c4ccccc4)cc3)c3ccc4ccccc4c3)cc3ccccc3c21. The van der Waals surface area contributed by atoms with Crippen LogP contribution in [0.1, 0.15) is 25.0 Å². The summed E-state index contributed by atoms with van der Waals surface area (Å²) in [6.45, 7) is 4.76. The van der Waals surface area contributed by atoms with Gasteiger partial charge in [0.15, 0.2) is 0 Å². The van der Waals surface area contributed by atoms with Crippen molar-refractivity contribution in [3.63, 3.8) is 0 Å². The number of nitrogens with zero attached hydrogens (tertiary/aromatic N) is 1. The molecule has 1 nitrogen and oxygen atoms in total. The molecule has 0 atom stereocenters. The van der Waals surface area contributed by atoms with Crippen LogP contribution in [0, 0.1) is 0 Å². The Labute approximate surface area is 247 Å². The third kappa shape index (κ3) is 3.78. The molecule has 7 aromatic rings. The Hall–Kier alpha value is -5.14. The van der Waals surface area contributed by atoms with Crippen LogP contribution < -0.4 is 4.90 Å². The summed E-state index contributed by atoms with van der Waals surface area (Å²) in [5.74, 6) is 0. The summed E-state index contributed by atoms with van der Waals surface area (Å²) < 4.78 is 0. The first kappa shape index (κ1) is 24.6. The monoisotopic (exact) mass is 537 g/mol. The third-order valence-corrected chi connectivity index (χ3v) is 8.99. The summed E-state index contributed by atoms with van der Waals surface area (Å²) in [7, 11) is 0. The average molecular weight is 538 g/mol. The molecule has 0 fully saturated rings. The van der Waals surface area contributed by atoms with Crippen molar-refractivity contribution in [2.24, 2.45) is 0 Å². The Bertz CT molecular complexity index is 2100. The van der Waals surface area contributed by atoms with Crippen LogP contribution >= 0.6 is 0 Å². The lowest BCUT2D eigenvalue weighted by molar-refractivity contribution is 0.666. The third-order valence-electron chi connectivity index (χ3n) is 8.99. The highest BCUT2D eigenvalue weighted by Crippen LogP contribution is 2.56. The van der Waals surface area contributed by atoms with E-state index in [1.807, 2.05) is 0 Å². The van der Waals surface area contributed by atoms with E-state index in [4.69, 9.17) is 0 Å². The van der Waals surface area contributed by atoms with E-state index in [0.717, 1.165) is 11.4 Å². The van der Waals surface area contributed by atoms with Crippen LogP contribution in [-0.2, 0) is 5.41 Å². The molecular formula is C41H31N. The molecule has 0 unspecified atom stereocenters. The molecule has 0 amide bonds. The molecule has 0 aromatic heterocycles. The number of anilines is 3. The summed E-state index contributed by atoms with van der Waals surface area (Å²) in [6, 6.07) is 55.3. The van der Waals surface area contributed by atoms with Gasteiger partial charge < -0.3 is 4.90 Å². The van der Waals surface area contributed by atoms with Gasteiger partial charge in [0.05, 0.1) is 5.69 Å². The minimum absolute atomic E-state index is 0.117. The number of hydrogen-bond donors (Lipinski definition) is 0. The predicted molar refractivity (Wildman–Crippen MR) is 179 cm³/mol. The molecule has 1 heteroatoms. The van der Waals surface area contributed by atoms with Gasteiger partial charge in [-0.25, -0.2) is 0 Å². The van der Waals surface area contributed by atoms with Crippen molar-refractivity contribution in [1.29, 1.82) is 0 Å². The molecule has 0 N–H and O–H groups in total. The van der Waals surface area contributed by atoms with Crippen molar-refractivity contribution in [3.8, 4) is 22.3 Å². The Morgan fingerprint density at radius 1 is 0.476 bits per heavy atom. The quantitative estimate of drug-likeness (QED) is 0.216. The molecule has 1 aliphatic carbocycles. The van der Waals surface area contributed by atoms with Crippen molar-refractivity contribution in [1.82, 2.24) is 0 Å². The summed E-state index contributed by atoms with van der Waals surface area (Å²) in [5, 5.41) is 5.07. The maximum absolute atomic E-state index is 2.46. The zero-order valence-electron chi connectivity index (χ0n) is 23.9. The van der Waals surface area contributed by atoms with Crippen LogP contribution in [0.3, 0.4) is 0 Å². The fourth-order valence-electron chi connectivity index (χ4n) is 6.99. The van der Waals surface area contributed by atoms with Crippen molar-refractivity contribution in [3.05, 3.63) is 163 Å². The fraction of sp³-hybridized carbons (Fsp3) is 0.0732. The highest BCUT2D eigenvalue weighted by Gasteiger charge is 2.39. The van der Waals surface area contributed by atoms with E-state index in [1.165, 1.54) is 60.6 Å². The molecule has 42 heavy (non-hydrogen) atoms. The molecule has 0 bridgehead atoms. The predicted octanol–water partition coefficient (Wildman–Crippen LogP) is 11.4. The average Bonchev–Trinajstić information content (AvgIpc) is 3.29. The molecule has 7 aromatic carbocycles. The summed E-state index contributed by atoms with van der Waals surface area (Å²) in [6.07, 6.45) is 0. The number of rotatable bonds is 4. The highest BCUT2D eigenvalue weighted by atomic mass is 15.1. The zero-order valence-corrected chi connectivity index (χ0v) is 23.9. The van der Waals surface area contributed by atoms with Gasteiger partial charge in [-0.15, -0.1) is 0 Å². The van der Waals surface area contributed by atoms with Crippen LogP contribution in [0.5, 0.6) is 0 Å². The van der Waals surface area contributed by atoms with Gasteiger partial charge >= 0.3 is 0 Å². The normalized spacial score (nSPS) is 13.2. The molecule has 0 spiro atoms. The Morgan fingerprint density at radius 2 is 1.10 bits per heavy atom. The fourth-order valence-corrected chi connectivity index (χ4v) is 6.99. The van der Waals surface area contributed by atoms with E-state index in [9.17, 15) is 0 Å². The lowest BCUT2D eigenvalue weighted by Gasteiger charge is -2.30. The Kier molecular flexibility index (Phi) is 5.55. The van der Waals surface area contributed by atoms with Crippen molar-refractivity contribution in [2.75, 3.05) is 4.90 Å². The second-order valence-electron chi connectivity index (χ2n) is 11.8. The van der Waals surface area contributed by atoms with Crippen molar-refractivity contribution >= 4 is 38.6 Å². The van der Waals surface area contributed by atoms with E-state index in [2.05, 4.69) is 170 Å². The van der Waals surface area contributed by atoms with Gasteiger partial charge in [0.25, 0.3) is 0 Å². The second kappa shape index (κ2) is 9.46. The smallest absolute Gasteiger partial charge is 0.0549 e. The number of hydrogen-bond acceptors (Lipinski definition) is 1. The van der Waals surface area contributed by atoms with Crippen LogP contribution in [0.2, 0.25) is 0 Å². The summed E-state index contributed by atoms with van der Waals surface area (Å²) in [5.41, 5.74) is 11.3. The van der Waals surface area contributed by atoms with Gasteiger partial charge in [-0.1, -0.05) is 135 Å². The van der Waals surface area contributed by atoms with Gasteiger partial charge in [0, 0.05) is 22.4 Å².